The number of carbonyl (C=O) groups excluding carboxylic acids is 1. The van der Waals surface area contributed by atoms with Gasteiger partial charge in [0.05, 0.1) is 5.56 Å². The Labute approximate surface area is 75.7 Å². The van der Waals surface area contributed by atoms with Crippen molar-refractivity contribution >= 4 is 33.4 Å². The quantitative estimate of drug-likeness (QED) is 0.653. The minimum absolute atomic E-state index is 0.263. The molecule has 64 valence electrons. The Morgan fingerprint density at radius 3 is 3.00 bits per heavy atom. The summed E-state index contributed by atoms with van der Waals surface area (Å²) < 4.78 is 15.9. The van der Waals surface area contributed by atoms with Gasteiger partial charge < -0.3 is 0 Å². The number of rotatable bonds is 0. The van der Waals surface area contributed by atoms with Gasteiger partial charge in [-0.2, -0.15) is 0 Å². The first kappa shape index (κ1) is 7.75. The number of fused-ring (bicyclic) bond motifs is 1. The molecule has 0 saturated carbocycles. The molecule has 12 heavy (non-hydrogen) atoms. The summed E-state index contributed by atoms with van der Waals surface area (Å²) in [4.78, 5) is 11.2. The third-order valence-corrected chi connectivity index (χ3v) is 3.48. The molecule has 6 heteroatoms. The molecule has 2 heterocycles. The van der Waals surface area contributed by atoms with Crippen LogP contribution in [-0.4, -0.2) is 10.1 Å². The van der Waals surface area contributed by atoms with Crippen LogP contribution in [0.15, 0.2) is 5.38 Å². The van der Waals surface area contributed by atoms with Crippen molar-refractivity contribution < 1.29 is 9.00 Å². The summed E-state index contributed by atoms with van der Waals surface area (Å²) in [6.45, 7) is 1.85. The third-order valence-electron chi connectivity index (χ3n) is 1.57. The van der Waals surface area contributed by atoms with Crippen LogP contribution in [0.1, 0.15) is 15.9 Å². The predicted octanol–water partition coefficient (Wildman–Crippen LogP) is 0.791. The Kier molecular flexibility index (Phi) is 1.66. The largest absolute Gasteiger partial charge is 0.278 e. The lowest BCUT2D eigenvalue weighted by molar-refractivity contribution is 0.0982. The fourth-order valence-electron chi connectivity index (χ4n) is 1.05. The van der Waals surface area contributed by atoms with Gasteiger partial charge in [-0.05, 0) is 17.9 Å². The molecule has 0 aliphatic carbocycles. The monoisotopic (exact) mass is 202 g/mol. The number of thiophene rings is 1. The minimum Gasteiger partial charge on any atom is -0.278 e. The highest BCUT2D eigenvalue weighted by atomic mass is 32.2. The molecule has 0 saturated heterocycles. The van der Waals surface area contributed by atoms with E-state index in [0.717, 1.165) is 5.56 Å². The summed E-state index contributed by atoms with van der Waals surface area (Å²) in [5, 5.41) is 2.55. The van der Waals surface area contributed by atoms with Crippen LogP contribution >= 0.6 is 11.3 Å². The predicted molar refractivity (Wildman–Crippen MR) is 48.3 cm³/mol. The second-order valence-corrected chi connectivity index (χ2v) is 4.25. The lowest BCUT2D eigenvalue weighted by atomic mass is 10.2. The van der Waals surface area contributed by atoms with Crippen molar-refractivity contribution in [3.8, 4) is 0 Å². The minimum atomic E-state index is -1.46. The van der Waals surface area contributed by atoms with E-state index in [-0.39, 0.29) is 5.91 Å². The van der Waals surface area contributed by atoms with Gasteiger partial charge in [0.1, 0.15) is 5.00 Å². The van der Waals surface area contributed by atoms with Crippen molar-refractivity contribution in [2.24, 2.45) is 0 Å². The van der Waals surface area contributed by atoms with Gasteiger partial charge in [-0.1, -0.05) is 0 Å². The summed E-state index contributed by atoms with van der Waals surface area (Å²) in [5.41, 5.74) is 1.52. The average molecular weight is 202 g/mol. The zero-order chi connectivity index (χ0) is 8.72. The van der Waals surface area contributed by atoms with E-state index in [1.54, 1.807) is 0 Å². The lowest BCUT2D eigenvalue weighted by Crippen LogP contribution is -2.34. The van der Waals surface area contributed by atoms with Crippen molar-refractivity contribution in [2.45, 2.75) is 6.92 Å². The van der Waals surface area contributed by atoms with Gasteiger partial charge in [0.15, 0.2) is 0 Å². The first-order chi connectivity index (χ1) is 5.68. The molecule has 1 aromatic rings. The Morgan fingerprint density at radius 1 is 1.50 bits per heavy atom. The smallest absolute Gasteiger partial charge is 0.267 e. The molecule has 0 unspecified atom stereocenters. The molecular formula is C6H6N2O2S2. The number of nitrogens with one attached hydrogen (secondary N) is 2. The number of aryl methyl sites for hydroxylation is 1. The van der Waals surface area contributed by atoms with Crippen LogP contribution in [0.2, 0.25) is 0 Å². The first-order valence-electron chi connectivity index (χ1n) is 3.26. The van der Waals surface area contributed by atoms with Crippen molar-refractivity contribution in [1.29, 1.82) is 0 Å². The lowest BCUT2D eigenvalue weighted by Gasteiger charge is -2.13. The van der Waals surface area contributed by atoms with Crippen molar-refractivity contribution in [3.05, 3.63) is 16.5 Å². The highest BCUT2D eigenvalue weighted by molar-refractivity contribution is 7.85. The van der Waals surface area contributed by atoms with E-state index in [9.17, 15) is 9.00 Å². The molecule has 1 aliphatic heterocycles. The highest BCUT2D eigenvalue weighted by Gasteiger charge is 2.24. The van der Waals surface area contributed by atoms with Crippen LogP contribution < -0.4 is 9.44 Å². The molecule has 2 N–H and O–H groups in total. The normalized spacial score (nSPS) is 21.1. The van der Waals surface area contributed by atoms with Crippen LogP contribution in [0.5, 0.6) is 0 Å². The standard InChI is InChI=1S/C6H6N2O2S2/c1-3-2-11-6-4(3)5(9)7-12(10)8-6/h2,8H,1H3,(H,7,9)/t12-/m1/s1. The van der Waals surface area contributed by atoms with Gasteiger partial charge in [-0.25, -0.2) is 4.21 Å². The van der Waals surface area contributed by atoms with Crippen LogP contribution in [-0.2, 0) is 11.2 Å². The van der Waals surface area contributed by atoms with Crippen LogP contribution in [0, 0.1) is 6.92 Å². The molecule has 1 aliphatic rings. The Hall–Kier alpha value is -0.880. The van der Waals surface area contributed by atoms with E-state index < -0.39 is 11.2 Å². The summed E-state index contributed by atoms with van der Waals surface area (Å²) in [5.74, 6) is -0.263. The Bertz CT molecular complexity index is 372. The van der Waals surface area contributed by atoms with Gasteiger partial charge in [0.25, 0.3) is 5.91 Å². The average Bonchev–Trinajstić information content (AvgIpc) is 2.31. The molecule has 0 aromatic carbocycles. The van der Waals surface area contributed by atoms with Gasteiger partial charge in [0, 0.05) is 0 Å². The van der Waals surface area contributed by atoms with E-state index in [4.69, 9.17) is 0 Å². The SMILES string of the molecule is Cc1csc2c1C(=O)N[S@@](=O)N2. The molecule has 0 bridgehead atoms. The summed E-state index contributed by atoms with van der Waals surface area (Å²) in [7, 11) is 0. The zero-order valence-electron chi connectivity index (χ0n) is 6.21. The molecule has 0 radical (unpaired) electrons. The second kappa shape index (κ2) is 2.56. The molecule has 1 aromatic heterocycles. The molecule has 0 spiro atoms. The fourth-order valence-corrected chi connectivity index (χ4v) is 2.84. The molecule has 1 amide bonds. The van der Waals surface area contributed by atoms with Crippen molar-refractivity contribution in [1.82, 2.24) is 4.72 Å². The van der Waals surface area contributed by atoms with Crippen molar-refractivity contribution in [3.63, 3.8) is 0 Å². The third kappa shape index (κ3) is 1.03. The van der Waals surface area contributed by atoms with Gasteiger partial charge >= 0.3 is 0 Å². The van der Waals surface area contributed by atoms with E-state index >= 15 is 0 Å². The molecule has 1 atom stereocenters. The maximum Gasteiger partial charge on any atom is 0.267 e. The van der Waals surface area contributed by atoms with Crippen LogP contribution in [0.25, 0.3) is 0 Å². The molecule has 2 rings (SSSR count). The van der Waals surface area contributed by atoms with Crippen LogP contribution in [0.3, 0.4) is 0 Å². The second-order valence-electron chi connectivity index (χ2n) is 2.42. The zero-order valence-corrected chi connectivity index (χ0v) is 7.84. The first-order valence-corrected chi connectivity index (χ1v) is 5.29. The summed E-state index contributed by atoms with van der Waals surface area (Å²) in [6.07, 6.45) is 0. The van der Waals surface area contributed by atoms with E-state index in [0.29, 0.717) is 10.6 Å². The molecule has 4 nitrogen and oxygen atoms in total. The topological polar surface area (TPSA) is 58.2 Å². The van der Waals surface area contributed by atoms with E-state index in [1.165, 1.54) is 11.3 Å². The van der Waals surface area contributed by atoms with E-state index in [2.05, 4.69) is 9.44 Å². The maximum absolute atomic E-state index is 11.2. The number of hydrogen-bond acceptors (Lipinski definition) is 3. The molecule has 0 fully saturated rings. The Balaban J connectivity index is 2.57. The van der Waals surface area contributed by atoms with Gasteiger partial charge in [-0.3, -0.25) is 14.2 Å². The summed E-state index contributed by atoms with van der Waals surface area (Å²) in [6, 6.07) is 0. The number of carbonyl (C=O) groups is 1. The Morgan fingerprint density at radius 2 is 2.25 bits per heavy atom. The van der Waals surface area contributed by atoms with Gasteiger partial charge in [0.2, 0.25) is 11.2 Å². The van der Waals surface area contributed by atoms with Gasteiger partial charge in [-0.15, -0.1) is 11.3 Å². The van der Waals surface area contributed by atoms with Crippen molar-refractivity contribution in [2.75, 3.05) is 4.72 Å². The number of amides is 1. The van der Waals surface area contributed by atoms with E-state index in [1.807, 2.05) is 12.3 Å². The number of hydrogen-bond donors (Lipinski definition) is 2. The maximum atomic E-state index is 11.2. The van der Waals surface area contributed by atoms with Crippen LogP contribution in [0.4, 0.5) is 5.00 Å². The fraction of sp³-hybridized carbons (Fsp3) is 0.167. The molecular weight excluding hydrogens is 196 g/mol. The number of anilines is 1. The summed E-state index contributed by atoms with van der Waals surface area (Å²) >= 11 is -0.0630. The highest BCUT2D eigenvalue weighted by Crippen LogP contribution is 2.29.